The molecule has 0 spiro atoms. The molecule has 0 aliphatic carbocycles. The molecule has 0 aromatic carbocycles. The van der Waals surface area contributed by atoms with E-state index in [9.17, 15) is 14.0 Å². The Hall–Kier alpha value is -1.96. The van der Waals surface area contributed by atoms with E-state index >= 15 is 0 Å². The number of methoxy groups -OCH3 is 1. The van der Waals surface area contributed by atoms with Crippen LogP contribution in [0.3, 0.4) is 0 Å². The highest BCUT2D eigenvalue weighted by molar-refractivity contribution is 5.66. The van der Waals surface area contributed by atoms with Gasteiger partial charge in [0.25, 0.3) is 5.56 Å². The lowest BCUT2D eigenvalue weighted by Gasteiger charge is -2.16. The number of anilines is 1. The van der Waals surface area contributed by atoms with Crippen LogP contribution in [0.25, 0.3) is 0 Å². The molecule has 0 amide bonds. The summed E-state index contributed by atoms with van der Waals surface area (Å²) in [7, 11) is 1.40. The number of aromatic nitrogens is 2. The SMILES string of the molecule is CO[C@H]1CN(c2nccn(CC(=O)O)c2=O)C[C@@H]1F. The average molecular weight is 271 g/mol. The van der Waals surface area contributed by atoms with E-state index < -0.39 is 30.3 Å². The van der Waals surface area contributed by atoms with Crippen molar-refractivity contribution in [3.63, 3.8) is 0 Å². The summed E-state index contributed by atoms with van der Waals surface area (Å²) in [6.45, 7) is -0.218. The molecule has 1 aromatic rings. The third-order valence-electron chi connectivity index (χ3n) is 3.00. The number of hydrogen-bond acceptors (Lipinski definition) is 5. The van der Waals surface area contributed by atoms with Gasteiger partial charge < -0.3 is 14.7 Å². The van der Waals surface area contributed by atoms with Crippen molar-refractivity contribution < 1.29 is 19.0 Å². The van der Waals surface area contributed by atoms with Gasteiger partial charge in [0.05, 0.1) is 6.54 Å². The average Bonchev–Trinajstić information content (AvgIpc) is 2.72. The van der Waals surface area contributed by atoms with Crippen LogP contribution in [0.5, 0.6) is 0 Å². The maximum atomic E-state index is 13.6. The van der Waals surface area contributed by atoms with Crippen molar-refractivity contribution in [2.45, 2.75) is 18.8 Å². The van der Waals surface area contributed by atoms with Crippen LogP contribution in [0.1, 0.15) is 0 Å². The van der Waals surface area contributed by atoms with E-state index in [0.29, 0.717) is 0 Å². The Labute approximate surface area is 108 Å². The van der Waals surface area contributed by atoms with E-state index in [0.717, 1.165) is 4.57 Å². The monoisotopic (exact) mass is 271 g/mol. The molecule has 19 heavy (non-hydrogen) atoms. The zero-order chi connectivity index (χ0) is 14.0. The molecule has 1 saturated heterocycles. The third kappa shape index (κ3) is 2.73. The molecule has 1 aliphatic heterocycles. The van der Waals surface area contributed by atoms with Crippen LogP contribution in [-0.2, 0) is 16.1 Å². The molecule has 7 nitrogen and oxygen atoms in total. The number of carbonyl (C=O) groups is 1. The maximum absolute atomic E-state index is 13.6. The fraction of sp³-hybridized carbons (Fsp3) is 0.545. The zero-order valence-corrected chi connectivity index (χ0v) is 10.3. The molecular formula is C11H14FN3O4. The number of rotatable bonds is 4. The molecule has 1 aromatic heterocycles. The predicted molar refractivity (Wildman–Crippen MR) is 64.0 cm³/mol. The van der Waals surface area contributed by atoms with Gasteiger partial charge in [-0.15, -0.1) is 0 Å². The van der Waals surface area contributed by atoms with E-state index in [-0.39, 0.29) is 18.9 Å². The Kier molecular flexibility index (Phi) is 3.79. The Morgan fingerprint density at radius 1 is 1.63 bits per heavy atom. The van der Waals surface area contributed by atoms with Gasteiger partial charge in [-0.3, -0.25) is 14.2 Å². The van der Waals surface area contributed by atoms with Crippen LogP contribution >= 0.6 is 0 Å². The zero-order valence-electron chi connectivity index (χ0n) is 10.3. The molecule has 1 fully saturated rings. The molecule has 2 atom stereocenters. The van der Waals surface area contributed by atoms with Crippen molar-refractivity contribution in [3.8, 4) is 0 Å². The summed E-state index contributed by atoms with van der Waals surface area (Å²) < 4.78 is 19.6. The summed E-state index contributed by atoms with van der Waals surface area (Å²) in [4.78, 5) is 28.0. The minimum atomic E-state index is -1.20. The molecule has 0 unspecified atom stereocenters. The van der Waals surface area contributed by atoms with Crippen molar-refractivity contribution >= 4 is 11.8 Å². The summed E-state index contributed by atoms with van der Waals surface area (Å²) in [6, 6.07) is 0. The van der Waals surface area contributed by atoms with E-state index in [1.54, 1.807) is 0 Å². The van der Waals surface area contributed by atoms with Gasteiger partial charge in [-0.2, -0.15) is 0 Å². The molecule has 0 radical (unpaired) electrons. The van der Waals surface area contributed by atoms with Crippen LogP contribution in [0, 0.1) is 0 Å². The van der Waals surface area contributed by atoms with Gasteiger partial charge in [0.2, 0.25) is 0 Å². The first-order valence-corrected chi connectivity index (χ1v) is 5.72. The lowest BCUT2D eigenvalue weighted by molar-refractivity contribution is -0.137. The topological polar surface area (TPSA) is 84.7 Å². The van der Waals surface area contributed by atoms with Gasteiger partial charge in [0.15, 0.2) is 5.82 Å². The first-order chi connectivity index (χ1) is 9.02. The van der Waals surface area contributed by atoms with E-state index in [1.807, 2.05) is 0 Å². The summed E-state index contributed by atoms with van der Waals surface area (Å²) in [5, 5.41) is 8.70. The lowest BCUT2D eigenvalue weighted by atomic mass is 10.3. The predicted octanol–water partition coefficient (Wildman–Crippen LogP) is -0.499. The molecule has 1 aliphatic rings. The number of hydrogen-bond donors (Lipinski definition) is 1. The van der Waals surface area contributed by atoms with Gasteiger partial charge in [-0.05, 0) is 0 Å². The van der Waals surface area contributed by atoms with Crippen LogP contribution in [0.2, 0.25) is 0 Å². The first kappa shape index (κ1) is 13.5. The fourth-order valence-electron chi connectivity index (χ4n) is 2.05. The van der Waals surface area contributed by atoms with Gasteiger partial charge in [0.1, 0.15) is 18.8 Å². The second kappa shape index (κ2) is 5.35. The largest absolute Gasteiger partial charge is 0.480 e. The Bertz CT molecular complexity index is 533. The normalized spacial score (nSPS) is 22.7. The van der Waals surface area contributed by atoms with Crippen LogP contribution in [-0.4, -0.2) is 53.1 Å². The first-order valence-electron chi connectivity index (χ1n) is 5.72. The van der Waals surface area contributed by atoms with Crippen molar-refractivity contribution in [1.29, 1.82) is 0 Å². The van der Waals surface area contributed by atoms with Crippen LogP contribution in [0.15, 0.2) is 17.2 Å². The second-order valence-corrected chi connectivity index (χ2v) is 4.27. The van der Waals surface area contributed by atoms with Crippen molar-refractivity contribution in [1.82, 2.24) is 9.55 Å². The third-order valence-corrected chi connectivity index (χ3v) is 3.00. The van der Waals surface area contributed by atoms with Gasteiger partial charge in [-0.1, -0.05) is 0 Å². The van der Waals surface area contributed by atoms with Crippen molar-refractivity contribution in [2.24, 2.45) is 0 Å². The number of alkyl halides is 1. The maximum Gasteiger partial charge on any atom is 0.323 e. The van der Waals surface area contributed by atoms with Gasteiger partial charge >= 0.3 is 5.97 Å². The second-order valence-electron chi connectivity index (χ2n) is 4.27. The molecular weight excluding hydrogens is 257 g/mol. The number of aliphatic carboxylic acids is 1. The van der Waals surface area contributed by atoms with Gasteiger partial charge in [0, 0.05) is 26.0 Å². The minimum Gasteiger partial charge on any atom is -0.480 e. The number of ether oxygens (including phenoxy) is 1. The fourth-order valence-corrected chi connectivity index (χ4v) is 2.05. The summed E-state index contributed by atoms with van der Waals surface area (Å²) in [6.07, 6.45) is 0.817. The molecule has 8 heteroatoms. The Morgan fingerprint density at radius 2 is 2.37 bits per heavy atom. The Balaban J connectivity index is 2.27. The Morgan fingerprint density at radius 3 is 2.95 bits per heavy atom. The lowest BCUT2D eigenvalue weighted by Crippen LogP contribution is -2.33. The molecule has 0 saturated carbocycles. The van der Waals surface area contributed by atoms with Gasteiger partial charge in [-0.25, -0.2) is 9.37 Å². The van der Waals surface area contributed by atoms with Crippen LogP contribution < -0.4 is 10.5 Å². The van der Waals surface area contributed by atoms with E-state index in [4.69, 9.17) is 9.84 Å². The summed E-state index contributed by atoms with van der Waals surface area (Å²) in [5.74, 6) is -1.08. The van der Waals surface area contributed by atoms with Crippen molar-refractivity contribution in [2.75, 3.05) is 25.1 Å². The quantitative estimate of drug-likeness (QED) is 0.794. The van der Waals surface area contributed by atoms with Crippen molar-refractivity contribution in [3.05, 3.63) is 22.7 Å². The molecule has 0 bridgehead atoms. The smallest absolute Gasteiger partial charge is 0.323 e. The molecule has 2 heterocycles. The number of nitrogens with zero attached hydrogens (tertiary/aromatic N) is 3. The molecule has 1 N–H and O–H groups in total. The summed E-state index contributed by atoms with van der Waals surface area (Å²) >= 11 is 0. The molecule has 2 rings (SSSR count). The highest BCUT2D eigenvalue weighted by Crippen LogP contribution is 2.19. The standard InChI is InChI=1S/C11H14FN3O4/c1-19-8-5-15(4-7(8)12)10-11(18)14(3-2-13-10)6-9(16)17/h2-3,7-8H,4-6H2,1H3,(H,16,17)/t7-,8-/m0/s1. The van der Waals surface area contributed by atoms with E-state index in [2.05, 4.69) is 4.98 Å². The number of carboxylic acid groups (broad SMARTS) is 1. The summed E-state index contributed by atoms with van der Waals surface area (Å²) in [5.41, 5.74) is -0.547. The molecule has 104 valence electrons. The van der Waals surface area contributed by atoms with Crippen LogP contribution in [0.4, 0.5) is 10.2 Å². The number of halogens is 1. The number of carboxylic acids is 1. The highest BCUT2D eigenvalue weighted by Gasteiger charge is 2.34. The minimum absolute atomic E-state index is 0.0117. The highest BCUT2D eigenvalue weighted by atomic mass is 19.1. The van der Waals surface area contributed by atoms with E-state index in [1.165, 1.54) is 24.4 Å².